The summed E-state index contributed by atoms with van der Waals surface area (Å²) in [6, 6.07) is 44.0. The van der Waals surface area contributed by atoms with E-state index in [2.05, 4.69) is 111 Å². The van der Waals surface area contributed by atoms with Crippen LogP contribution < -0.4 is 10.6 Å². The predicted molar refractivity (Wildman–Crippen MR) is 193 cm³/mol. The van der Waals surface area contributed by atoms with Crippen molar-refractivity contribution in [3.63, 3.8) is 0 Å². The number of anilines is 4. The van der Waals surface area contributed by atoms with E-state index in [1.807, 2.05) is 36.4 Å². The number of hydrogen-bond acceptors (Lipinski definition) is 4. The van der Waals surface area contributed by atoms with Crippen LogP contribution >= 0.6 is 0 Å². The summed E-state index contributed by atoms with van der Waals surface area (Å²) in [6.45, 7) is 9.00. The highest BCUT2D eigenvalue weighted by atomic mass is 32.2. The Hall–Kier alpha value is -5.13. The minimum absolute atomic E-state index is 0.168. The molecule has 0 aromatic heterocycles. The van der Waals surface area contributed by atoms with Crippen LogP contribution in [0.5, 0.6) is 0 Å². The molecule has 8 rings (SSSR count). The summed E-state index contributed by atoms with van der Waals surface area (Å²) < 4.78 is 27.6. The summed E-state index contributed by atoms with van der Waals surface area (Å²) >= 11 is 0. The normalized spacial score (nSPS) is 15.2. The lowest BCUT2D eigenvalue weighted by Gasteiger charge is -2.36. The van der Waals surface area contributed by atoms with Crippen molar-refractivity contribution in [1.82, 2.24) is 0 Å². The van der Waals surface area contributed by atoms with Crippen LogP contribution in [0.2, 0.25) is 0 Å². The summed E-state index contributed by atoms with van der Waals surface area (Å²) in [5.41, 5.74) is 12.9. The Kier molecular flexibility index (Phi) is 6.51. The topological polar surface area (TPSA) is 58.2 Å². The standard InChI is InChI=1S/C42H36N2O2S/c1-41(2)33-13-5-7-17-37(33)43-39-31(11-9-15-35(39)41)27-19-23-29(24-20-27)47(45,46)30-25-21-28(22-26-30)32-12-10-16-36-40(32)44-38-18-8-6-14-34(38)42(36,3)4/h5-26,43-44H,1-4H3. The molecule has 0 aliphatic carbocycles. The van der Waals surface area contributed by atoms with Gasteiger partial charge in [-0.1, -0.05) is 125 Å². The van der Waals surface area contributed by atoms with Gasteiger partial charge < -0.3 is 10.6 Å². The smallest absolute Gasteiger partial charge is 0.206 e. The first-order valence-electron chi connectivity index (χ1n) is 16.0. The van der Waals surface area contributed by atoms with Gasteiger partial charge in [-0.2, -0.15) is 0 Å². The number of para-hydroxylation sites is 4. The van der Waals surface area contributed by atoms with Crippen LogP contribution in [0, 0.1) is 0 Å². The molecular formula is C42H36N2O2S. The second kappa shape index (κ2) is 10.4. The van der Waals surface area contributed by atoms with Gasteiger partial charge in [0.2, 0.25) is 9.84 Å². The van der Waals surface area contributed by atoms with Crippen molar-refractivity contribution in [2.45, 2.75) is 48.3 Å². The lowest BCUT2D eigenvalue weighted by atomic mass is 9.73. The van der Waals surface area contributed by atoms with E-state index in [9.17, 15) is 8.42 Å². The molecule has 0 bridgehead atoms. The van der Waals surface area contributed by atoms with Crippen LogP contribution in [0.3, 0.4) is 0 Å². The zero-order chi connectivity index (χ0) is 32.6. The second-order valence-electron chi connectivity index (χ2n) is 13.6. The molecule has 0 atom stereocenters. The highest BCUT2D eigenvalue weighted by Gasteiger charge is 2.35. The molecule has 0 radical (unpaired) electrons. The molecule has 0 spiro atoms. The molecule has 0 fully saturated rings. The van der Waals surface area contributed by atoms with Crippen LogP contribution in [0.4, 0.5) is 22.7 Å². The highest BCUT2D eigenvalue weighted by Crippen LogP contribution is 2.50. The van der Waals surface area contributed by atoms with Crippen molar-refractivity contribution >= 4 is 32.6 Å². The van der Waals surface area contributed by atoms with Gasteiger partial charge in [-0.05, 0) is 69.8 Å². The molecular weight excluding hydrogens is 597 g/mol. The average Bonchev–Trinajstić information content (AvgIpc) is 3.08. The number of benzene rings is 6. The Labute approximate surface area is 277 Å². The summed E-state index contributed by atoms with van der Waals surface area (Å²) in [7, 11) is -3.72. The Balaban J connectivity index is 1.10. The maximum Gasteiger partial charge on any atom is 0.206 e. The molecule has 0 unspecified atom stereocenters. The molecule has 2 N–H and O–H groups in total. The van der Waals surface area contributed by atoms with Crippen LogP contribution in [-0.2, 0) is 20.7 Å². The Morgan fingerprint density at radius 2 is 0.787 bits per heavy atom. The first kappa shape index (κ1) is 29.3. The number of fused-ring (bicyclic) bond motifs is 4. The largest absolute Gasteiger partial charge is 0.355 e. The average molecular weight is 633 g/mol. The van der Waals surface area contributed by atoms with E-state index in [1.165, 1.54) is 22.3 Å². The molecule has 5 heteroatoms. The molecule has 47 heavy (non-hydrogen) atoms. The molecule has 0 saturated carbocycles. The van der Waals surface area contributed by atoms with Crippen LogP contribution in [0.1, 0.15) is 49.9 Å². The fraction of sp³-hybridized carbons (Fsp3) is 0.143. The Morgan fingerprint density at radius 3 is 1.19 bits per heavy atom. The number of rotatable bonds is 4. The van der Waals surface area contributed by atoms with Gasteiger partial charge in [-0.25, -0.2) is 8.42 Å². The van der Waals surface area contributed by atoms with Gasteiger partial charge >= 0.3 is 0 Å². The molecule has 6 aromatic carbocycles. The zero-order valence-electron chi connectivity index (χ0n) is 26.9. The van der Waals surface area contributed by atoms with Crippen molar-refractivity contribution in [2.24, 2.45) is 0 Å². The second-order valence-corrected chi connectivity index (χ2v) is 15.5. The molecule has 6 aromatic rings. The first-order chi connectivity index (χ1) is 22.6. The van der Waals surface area contributed by atoms with Gasteiger partial charge in [0.05, 0.1) is 21.2 Å². The van der Waals surface area contributed by atoms with E-state index in [0.717, 1.165) is 45.0 Å². The van der Waals surface area contributed by atoms with Crippen LogP contribution in [0.15, 0.2) is 143 Å². The van der Waals surface area contributed by atoms with Crippen molar-refractivity contribution in [3.05, 3.63) is 156 Å². The van der Waals surface area contributed by atoms with Crippen molar-refractivity contribution in [2.75, 3.05) is 10.6 Å². The monoisotopic (exact) mass is 632 g/mol. The first-order valence-corrected chi connectivity index (χ1v) is 17.5. The predicted octanol–water partition coefficient (Wildman–Crippen LogP) is 10.6. The third kappa shape index (κ3) is 4.52. The van der Waals surface area contributed by atoms with Gasteiger partial charge in [-0.15, -0.1) is 0 Å². The van der Waals surface area contributed by atoms with Crippen molar-refractivity contribution in [1.29, 1.82) is 0 Å². The van der Waals surface area contributed by atoms with E-state index >= 15 is 0 Å². The Morgan fingerprint density at radius 1 is 0.426 bits per heavy atom. The fourth-order valence-electron chi connectivity index (χ4n) is 7.49. The van der Waals surface area contributed by atoms with E-state index < -0.39 is 9.84 Å². The third-order valence-corrected chi connectivity index (χ3v) is 11.9. The van der Waals surface area contributed by atoms with Crippen molar-refractivity contribution in [3.8, 4) is 22.3 Å². The molecule has 0 amide bonds. The summed E-state index contributed by atoms with van der Waals surface area (Å²) in [5, 5.41) is 7.32. The molecule has 2 heterocycles. The van der Waals surface area contributed by atoms with Gasteiger partial charge in [-0.3, -0.25) is 0 Å². The minimum Gasteiger partial charge on any atom is -0.355 e. The maximum atomic E-state index is 13.8. The summed E-state index contributed by atoms with van der Waals surface area (Å²) in [6.07, 6.45) is 0. The highest BCUT2D eigenvalue weighted by molar-refractivity contribution is 7.91. The van der Waals surface area contributed by atoms with Gasteiger partial charge in [0.15, 0.2) is 0 Å². The molecule has 2 aliphatic rings. The van der Waals surface area contributed by atoms with Gasteiger partial charge in [0.25, 0.3) is 0 Å². The fourth-order valence-corrected chi connectivity index (χ4v) is 8.75. The van der Waals surface area contributed by atoms with E-state index in [-0.39, 0.29) is 20.6 Å². The zero-order valence-corrected chi connectivity index (χ0v) is 27.7. The number of hydrogen-bond donors (Lipinski definition) is 2. The van der Waals surface area contributed by atoms with Crippen molar-refractivity contribution < 1.29 is 8.42 Å². The molecule has 4 nitrogen and oxygen atoms in total. The van der Waals surface area contributed by atoms with E-state index in [4.69, 9.17) is 0 Å². The number of nitrogens with one attached hydrogen (secondary N) is 2. The molecule has 232 valence electrons. The van der Waals surface area contributed by atoms with Crippen LogP contribution in [-0.4, -0.2) is 8.42 Å². The maximum absolute atomic E-state index is 13.8. The minimum atomic E-state index is -3.72. The summed E-state index contributed by atoms with van der Waals surface area (Å²) in [5.74, 6) is 0. The molecule has 2 aliphatic heterocycles. The van der Waals surface area contributed by atoms with Crippen LogP contribution in [0.25, 0.3) is 22.3 Å². The van der Waals surface area contributed by atoms with E-state index in [1.54, 1.807) is 24.3 Å². The third-order valence-electron chi connectivity index (χ3n) is 10.1. The van der Waals surface area contributed by atoms with Gasteiger partial charge in [0.1, 0.15) is 0 Å². The molecule has 0 saturated heterocycles. The SMILES string of the molecule is CC1(C)c2ccccc2Nc2c(-c3ccc(S(=O)(=O)c4ccc(-c5cccc6c5Nc5ccccc5C6(C)C)cc4)cc3)cccc21. The lowest BCUT2D eigenvalue weighted by Crippen LogP contribution is -2.26. The quantitative estimate of drug-likeness (QED) is 0.203. The van der Waals surface area contributed by atoms with Gasteiger partial charge in [0, 0.05) is 33.3 Å². The van der Waals surface area contributed by atoms with E-state index in [0.29, 0.717) is 0 Å². The Bertz CT molecular complexity index is 2140. The number of sulfone groups is 1. The summed E-state index contributed by atoms with van der Waals surface area (Å²) in [4.78, 5) is 0.545. The lowest BCUT2D eigenvalue weighted by molar-refractivity contribution is 0.596.